The Labute approximate surface area is 529 Å². The first-order chi connectivity index (χ1) is 42.3. The third-order valence-electron chi connectivity index (χ3n) is 16.1. The standard InChI is InChI=1S/C37H43FN2O6.C37H45FN2O4/c1-22(2)34-30(18-17-27-20-28(45-37(6,7)44-27)21-32(41)46-36(3,4)5)33(24-11-14-25(38)15-12-24)29-10-8-9-23-13-16-26(40(42)43)19-31(23)35(29)39-34;1-22(2)34-30(18-17-27-20-28(43-37(6,7)42-27)21-32(41)44-36(3,4)5)33(24-11-14-25(38)15-12-24)29-10-8-9-23-13-16-26(39)19-31(23)35(29)40-34/h11-19,22,27-28H,8-10,20-21H2,1-7H3;11-19,22,27-28H,8-10,20-21,39H2,1-7H3/b2*18-17+/t2*27-,28-/m11/s1. The summed E-state index contributed by atoms with van der Waals surface area (Å²) in [5.41, 5.74) is 21.2. The lowest BCUT2D eigenvalue weighted by molar-refractivity contribution is -0.384. The highest BCUT2D eigenvalue weighted by molar-refractivity contribution is 5.88. The number of aryl methyl sites for hydroxylation is 2. The zero-order chi connectivity index (χ0) is 65.2. The summed E-state index contributed by atoms with van der Waals surface area (Å²) in [5, 5.41) is 11.8. The van der Waals surface area contributed by atoms with Crippen LogP contribution in [0, 0.1) is 21.7 Å². The molecule has 4 heterocycles. The Kier molecular flexibility index (Phi) is 20.2. The number of nitrogens with two attached hydrogens (primary N) is 1. The topological polar surface area (TPSA) is 184 Å². The van der Waals surface area contributed by atoms with Crippen LogP contribution in [0.25, 0.3) is 56.9 Å². The lowest BCUT2D eigenvalue weighted by atomic mass is 9.86. The first-order valence-corrected chi connectivity index (χ1v) is 31.6. The summed E-state index contributed by atoms with van der Waals surface area (Å²) in [6, 6.07) is 24.3. The number of non-ortho nitro benzene ring substituents is 1. The quantitative estimate of drug-likeness (QED) is 0.0499. The van der Waals surface area contributed by atoms with Crippen LogP contribution >= 0.6 is 0 Å². The van der Waals surface area contributed by atoms with E-state index in [1.54, 1.807) is 24.3 Å². The van der Waals surface area contributed by atoms with Gasteiger partial charge in [0.1, 0.15) is 22.8 Å². The maximum Gasteiger partial charge on any atom is 0.308 e. The van der Waals surface area contributed by atoms with Gasteiger partial charge in [0.2, 0.25) is 0 Å². The molecular formula is C74H88F2N4O10. The van der Waals surface area contributed by atoms with Gasteiger partial charge in [-0.2, -0.15) is 0 Å². The van der Waals surface area contributed by atoms with Crippen LogP contribution in [0.5, 0.6) is 0 Å². The van der Waals surface area contributed by atoms with Gasteiger partial charge in [0.05, 0.1) is 65.0 Å². The molecular weight excluding hydrogens is 1140 g/mol. The van der Waals surface area contributed by atoms with Crippen LogP contribution < -0.4 is 5.73 Å². The van der Waals surface area contributed by atoms with E-state index < -0.39 is 28.9 Å². The molecule has 16 heteroatoms. The largest absolute Gasteiger partial charge is 0.460 e. The van der Waals surface area contributed by atoms with Crippen molar-refractivity contribution < 1.29 is 51.7 Å². The molecule has 2 saturated heterocycles. The fourth-order valence-corrected chi connectivity index (χ4v) is 12.7. The summed E-state index contributed by atoms with van der Waals surface area (Å²) < 4.78 is 64.2. The summed E-state index contributed by atoms with van der Waals surface area (Å²) in [5.74, 6) is -2.92. The lowest BCUT2D eigenvalue weighted by Gasteiger charge is -2.40. The summed E-state index contributed by atoms with van der Waals surface area (Å²) >= 11 is 0. The van der Waals surface area contributed by atoms with Crippen LogP contribution in [0.4, 0.5) is 20.2 Å². The van der Waals surface area contributed by atoms with Crippen molar-refractivity contribution in [3.8, 4) is 44.8 Å². The maximum absolute atomic E-state index is 14.2. The van der Waals surface area contributed by atoms with E-state index in [1.165, 1.54) is 29.8 Å². The molecule has 90 heavy (non-hydrogen) atoms. The number of nitrogens with zero attached hydrogens (tertiary/aromatic N) is 3. The Morgan fingerprint density at radius 2 is 1.02 bits per heavy atom. The van der Waals surface area contributed by atoms with Crippen LogP contribution in [0.15, 0.2) is 97.1 Å². The van der Waals surface area contributed by atoms with Gasteiger partial charge in [0.15, 0.2) is 11.6 Å². The molecule has 6 aromatic rings. The normalized spacial score (nSPS) is 19.6. The molecule has 0 amide bonds. The smallest absolute Gasteiger partial charge is 0.308 e. The summed E-state index contributed by atoms with van der Waals surface area (Å²) in [6.07, 6.45) is 13.0. The molecule has 2 fully saturated rings. The van der Waals surface area contributed by atoms with E-state index in [0.29, 0.717) is 24.9 Å². The number of hydrogen-bond donors (Lipinski definition) is 1. The van der Waals surface area contributed by atoms with Crippen molar-refractivity contribution in [1.82, 2.24) is 9.97 Å². The van der Waals surface area contributed by atoms with Crippen LogP contribution in [0.2, 0.25) is 0 Å². The number of carbonyl (C=O) groups excluding carboxylic acids is 2. The van der Waals surface area contributed by atoms with Crippen LogP contribution in [0.1, 0.15) is 192 Å². The summed E-state index contributed by atoms with van der Waals surface area (Å²) in [7, 11) is 0. The minimum atomic E-state index is -0.926. The number of benzene rings is 4. The zero-order valence-corrected chi connectivity index (χ0v) is 54.7. The number of ether oxygens (including phenoxy) is 6. The second-order valence-electron chi connectivity index (χ2n) is 27.6. The van der Waals surface area contributed by atoms with Gasteiger partial charge in [-0.25, -0.2) is 8.78 Å². The first kappa shape index (κ1) is 66.9. The van der Waals surface area contributed by atoms with Gasteiger partial charge in [0.25, 0.3) is 5.69 Å². The van der Waals surface area contributed by atoms with Crippen molar-refractivity contribution in [3.63, 3.8) is 0 Å². The number of aromatic nitrogens is 2. The average molecular weight is 1230 g/mol. The minimum Gasteiger partial charge on any atom is -0.460 e. The fraction of sp³-hybridized carbons (Fsp3) is 0.459. The van der Waals surface area contributed by atoms with Gasteiger partial charge in [-0.1, -0.05) is 88.4 Å². The molecule has 10 rings (SSSR count). The number of anilines is 1. The molecule has 0 spiro atoms. The molecule has 478 valence electrons. The van der Waals surface area contributed by atoms with Crippen LogP contribution in [-0.4, -0.2) is 74.0 Å². The van der Waals surface area contributed by atoms with Crippen molar-refractivity contribution in [1.29, 1.82) is 0 Å². The van der Waals surface area contributed by atoms with Crippen molar-refractivity contribution >= 4 is 35.5 Å². The maximum atomic E-state index is 14.2. The second-order valence-corrected chi connectivity index (χ2v) is 27.6. The molecule has 2 aromatic heterocycles. The summed E-state index contributed by atoms with van der Waals surface area (Å²) in [4.78, 5) is 47.2. The van der Waals surface area contributed by atoms with E-state index in [1.807, 2.05) is 112 Å². The number of carbonyl (C=O) groups is 2. The lowest BCUT2D eigenvalue weighted by Crippen LogP contribution is -2.45. The zero-order valence-electron chi connectivity index (χ0n) is 54.7. The molecule has 0 saturated carbocycles. The number of halogens is 2. The first-order valence-electron chi connectivity index (χ1n) is 31.6. The SMILES string of the molecule is CC(C)c1nc2c(c(-c3ccc(F)cc3)c1/C=C/[C@@H]1C[C@H](CC(=O)OC(C)(C)C)OC(C)(C)O1)CCCc1ccc(N)cc1-2.CC(C)c1nc2c(c(-c3ccc(F)cc3)c1/C=C/[C@@H]1C[C@H](CC(=O)OC(C)(C)C)OC(C)(C)O1)CCCc1ccc([N+](=O)[O-])cc1-2. The molecule has 0 bridgehead atoms. The summed E-state index contributed by atoms with van der Waals surface area (Å²) in [6.45, 7) is 26.9. The third kappa shape index (κ3) is 16.7. The third-order valence-corrected chi connectivity index (χ3v) is 16.1. The molecule has 2 aliphatic carbocycles. The van der Waals surface area contributed by atoms with Crippen molar-refractivity contribution in [2.45, 2.75) is 220 Å². The highest BCUT2D eigenvalue weighted by Crippen LogP contribution is 2.46. The van der Waals surface area contributed by atoms with Crippen molar-refractivity contribution in [2.24, 2.45) is 0 Å². The number of nitro benzene ring substituents is 1. The molecule has 4 atom stereocenters. The van der Waals surface area contributed by atoms with E-state index >= 15 is 0 Å². The van der Waals surface area contributed by atoms with Gasteiger partial charge >= 0.3 is 11.9 Å². The van der Waals surface area contributed by atoms with Gasteiger partial charge in [0, 0.05) is 52.9 Å². The van der Waals surface area contributed by atoms with Crippen LogP contribution in [-0.2, 0) is 63.7 Å². The van der Waals surface area contributed by atoms with Crippen LogP contribution in [0.3, 0.4) is 0 Å². The van der Waals surface area contributed by atoms with E-state index in [2.05, 4.69) is 45.9 Å². The number of fused-ring (bicyclic) bond motifs is 6. The van der Waals surface area contributed by atoms with E-state index in [9.17, 15) is 28.5 Å². The van der Waals surface area contributed by atoms with E-state index in [0.717, 1.165) is 116 Å². The molecule has 14 nitrogen and oxygen atoms in total. The van der Waals surface area contributed by atoms with Crippen molar-refractivity contribution in [3.05, 3.63) is 164 Å². The van der Waals surface area contributed by atoms with Gasteiger partial charge < -0.3 is 34.2 Å². The second kappa shape index (κ2) is 27.1. The number of pyridine rings is 2. The Hall–Kier alpha value is -7.50. The Morgan fingerprint density at radius 3 is 1.41 bits per heavy atom. The minimum absolute atomic E-state index is 0.00140. The molecule has 4 aliphatic rings. The Morgan fingerprint density at radius 1 is 0.622 bits per heavy atom. The molecule has 4 aromatic carbocycles. The Bertz CT molecular complexity index is 3690. The number of rotatable bonds is 13. The number of esters is 2. The highest BCUT2D eigenvalue weighted by Gasteiger charge is 2.39. The van der Waals surface area contributed by atoms with Gasteiger partial charge in [-0.15, -0.1) is 0 Å². The number of nitrogen functional groups attached to an aromatic ring is 1. The molecule has 0 unspecified atom stereocenters. The molecule has 2 N–H and O–H groups in total. The average Bonchev–Trinajstić information content (AvgIpc) is 1.30. The van der Waals surface area contributed by atoms with Crippen molar-refractivity contribution in [2.75, 3.05) is 5.73 Å². The number of hydrogen-bond acceptors (Lipinski definition) is 13. The predicted molar refractivity (Wildman–Crippen MR) is 349 cm³/mol. The Balaban J connectivity index is 0.000000214. The number of nitro groups is 1. The van der Waals surface area contributed by atoms with E-state index in [-0.39, 0.29) is 77.2 Å². The molecule has 2 aliphatic heterocycles. The van der Waals surface area contributed by atoms with Gasteiger partial charge in [-0.05, 0) is 201 Å². The van der Waals surface area contributed by atoms with E-state index in [4.69, 9.17) is 44.1 Å². The highest BCUT2D eigenvalue weighted by atomic mass is 19.1. The van der Waals surface area contributed by atoms with Gasteiger partial charge in [-0.3, -0.25) is 29.7 Å². The monoisotopic (exact) mass is 1230 g/mol. The predicted octanol–water partition coefficient (Wildman–Crippen LogP) is 17.1. The fourth-order valence-electron chi connectivity index (χ4n) is 12.7. The molecule has 0 radical (unpaired) electrons.